The maximum absolute atomic E-state index is 12.2. The van der Waals surface area contributed by atoms with Crippen molar-refractivity contribution in [2.45, 2.75) is 6.54 Å². The fourth-order valence-electron chi connectivity index (χ4n) is 1.77. The molecule has 0 unspecified atom stereocenters. The highest BCUT2D eigenvalue weighted by atomic mass is 16.2. The van der Waals surface area contributed by atoms with Crippen molar-refractivity contribution in [3.05, 3.63) is 53.3 Å². The van der Waals surface area contributed by atoms with Gasteiger partial charge in [0, 0.05) is 18.8 Å². The van der Waals surface area contributed by atoms with Crippen LogP contribution >= 0.6 is 0 Å². The van der Waals surface area contributed by atoms with Crippen LogP contribution in [-0.4, -0.2) is 27.4 Å². The van der Waals surface area contributed by atoms with Gasteiger partial charge in [0.1, 0.15) is 6.61 Å². The highest BCUT2D eigenvalue weighted by Gasteiger charge is 2.09. The number of aryl methyl sites for hydroxylation is 1. The molecule has 2 N–H and O–H groups in total. The lowest BCUT2D eigenvalue weighted by molar-refractivity contribution is 0.0950. The third-order valence-corrected chi connectivity index (χ3v) is 2.83. The average molecular weight is 269 g/mol. The first-order chi connectivity index (χ1) is 9.72. The van der Waals surface area contributed by atoms with Gasteiger partial charge >= 0.3 is 0 Å². The Hall–Kier alpha value is -2.58. The van der Waals surface area contributed by atoms with E-state index in [1.807, 2.05) is 13.1 Å². The van der Waals surface area contributed by atoms with Crippen molar-refractivity contribution in [1.29, 1.82) is 0 Å². The van der Waals surface area contributed by atoms with Crippen LogP contribution in [0.1, 0.15) is 21.6 Å². The van der Waals surface area contributed by atoms with Gasteiger partial charge in [-0.2, -0.15) is 5.10 Å². The Morgan fingerprint density at radius 3 is 2.90 bits per heavy atom. The summed E-state index contributed by atoms with van der Waals surface area (Å²) in [5.74, 6) is 5.12. The third-order valence-electron chi connectivity index (χ3n) is 2.83. The monoisotopic (exact) mass is 269 g/mol. The molecule has 0 atom stereocenters. The van der Waals surface area contributed by atoms with Crippen molar-refractivity contribution in [3.8, 4) is 11.8 Å². The van der Waals surface area contributed by atoms with Crippen molar-refractivity contribution >= 4 is 5.91 Å². The standard InChI is InChI=1S/C15H15N3O2/c1-18-13(8-9-17-18)11-16-15(20)14-7-3-2-5-12(14)6-4-10-19/h2-3,5,7-9,19H,10-11H2,1H3,(H,16,20). The van der Waals surface area contributed by atoms with Crippen LogP contribution in [0.25, 0.3) is 0 Å². The molecule has 2 aromatic rings. The number of hydrogen-bond acceptors (Lipinski definition) is 3. The summed E-state index contributed by atoms with van der Waals surface area (Å²) >= 11 is 0. The zero-order valence-electron chi connectivity index (χ0n) is 11.1. The maximum atomic E-state index is 12.2. The Morgan fingerprint density at radius 1 is 1.40 bits per heavy atom. The number of rotatable bonds is 3. The quantitative estimate of drug-likeness (QED) is 0.806. The fraction of sp³-hybridized carbons (Fsp3) is 0.200. The van der Waals surface area contributed by atoms with E-state index in [9.17, 15) is 4.79 Å². The molecule has 0 aliphatic rings. The number of benzene rings is 1. The van der Waals surface area contributed by atoms with Gasteiger partial charge in [-0.1, -0.05) is 24.0 Å². The van der Waals surface area contributed by atoms with Crippen LogP contribution in [-0.2, 0) is 13.6 Å². The molecule has 1 heterocycles. The Kier molecular flexibility index (Phi) is 4.53. The number of nitrogens with zero attached hydrogens (tertiary/aromatic N) is 2. The molecule has 20 heavy (non-hydrogen) atoms. The minimum atomic E-state index is -0.231. The van der Waals surface area contributed by atoms with Gasteiger partial charge in [-0.25, -0.2) is 0 Å². The Labute approximate surface area is 117 Å². The second-order valence-electron chi connectivity index (χ2n) is 4.13. The van der Waals surface area contributed by atoms with E-state index in [1.54, 1.807) is 35.1 Å². The first kappa shape index (κ1) is 13.8. The third kappa shape index (κ3) is 3.25. The van der Waals surface area contributed by atoms with Crippen LogP contribution in [0.3, 0.4) is 0 Å². The second-order valence-corrected chi connectivity index (χ2v) is 4.13. The van der Waals surface area contributed by atoms with E-state index in [1.165, 1.54) is 0 Å². The molecular weight excluding hydrogens is 254 g/mol. The highest BCUT2D eigenvalue weighted by molar-refractivity contribution is 5.96. The average Bonchev–Trinajstić information content (AvgIpc) is 2.88. The molecule has 2 rings (SSSR count). The summed E-state index contributed by atoms with van der Waals surface area (Å²) in [6.45, 7) is 0.169. The summed E-state index contributed by atoms with van der Waals surface area (Å²) in [7, 11) is 1.82. The zero-order valence-corrected chi connectivity index (χ0v) is 11.1. The summed E-state index contributed by atoms with van der Waals surface area (Å²) < 4.78 is 1.71. The molecule has 0 aliphatic carbocycles. The molecule has 0 spiro atoms. The molecule has 1 amide bonds. The predicted molar refractivity (Wildman–Crippen MR) is 74.8 cm³/mol. The Bertz CT molecular complexity index is 665. The molecule has 0 saturated heterocycles. The largest absolute Gasteiger partial charge is 0.384 e. The molecule has 1 aromatic carbocycles. The van der Waals surface area contributed by atoms with E-state index in [2.05, 4.69) is 22.3 Å². The molecule has 0 saturated carbocycles. The molecule has 0 bridgehead atoms. The van der Waals surface area contributed by atoms with Gasteiger partial charge < -0.3 is 10.4 Å². The molecular formula is C15H15N3O2. The SMILES string of the molecule is Cn1nccc1CNC(=O)c1ccccc1C#CCO. The van der Waals surface area contributed by atoms with Gasteiger partial charge in [-0.3, -0.25) is 9.48 Å². The number of carbonyl (C=O) groups excluding carboxylic acids is 1. The fourth-order valence-corrected chi connectivity index (χ4v) is 1.77. The van der Waals surface area contributed by atoms with Crippen LogP contribution in [0.2, 0.25) is 0 Å². The number of hydrogen-bond donors (Lipinski definition) is 2. The van der Waals surface area contributed by atoms with Crippen molar-refractivity contribution < 1.29 is 9.90 Å². The molecule has 102 valence electrons. The highest BCUT2D eigenvalue weighted by Crippen LogP contribution is 2.07. The molecule has 1 aromatic heterocycles. The first-order valence-electron chi connectivity index (χ1n) is 6.16. The number of aromatic nitrogens is 2. The maximum Gasteiger partial charge on any atom is 0.252 e. The molecule has 5 heteroatoms. The number of aliphatic hydroxyl groups is 1. The minimum Gasteiger partial charge on any atom is -0.384 e. The lowest BCUT2D eigenvalue weighted by Crippen LogP contribution is -2.24. The molecule has 0 radical (unpaired) electrons. The van der Waals surface area contributed by atoms with Gasteiger partial charge in [0.2, 0.25) is 0 Å². The second kappa shape index (κ2) is 6.55. The predicted octanol–water partition coefficient (Wildman–Crippen LogP) is 0.694. The summed E-state index contributed by atoms with van der Waals surface area (Å²) in [6.07, 6.45) is 1.68. The van der Waals surface area contributed by atoms with E-state index in [0.29, 0.717) is 17.7 Å². The van der Waals surface area contributed by atoms with E-state index in [0.717, 1.165) is 5.69 Å². The van der Waals surface area contributed by atoms with Gasteiger partial charge in [-0.05, 0) is 18.2 Å². The number of amides is 1. The summed E-state index contributed by atoms with van der Waals surface area (Å²) in [6, 6.07) is 8.89. The van der Waals surface area contributed by atoms with Crippen molar-refractivity contribution in [1.82, 2.24) is 15.1 Å². The van der Waals surface area contributed by atoms with Crippen LogP contribution in [0.15, 0.2) is 36.5 Å². The normalized spacial score (nSPS) is 9.70. The molecule has 5 nitrogen and oxygen atoms in total. The first-order valence-corrected chi connectivity index (χ1v) is 6.16. The van der Waals surface area contributed by atoms with Gasteiger partial charge in [-0.15, -0.1) is 0 Å². The van der Waals surface area contributed by atoms with E-state index in [-0.39, 0.29) is 12.5 Å². The van der Waals surface area contributed by atoms with E-state index < -0.39 is 0 Å². The van der Waals surface area contributed by atoms with Crippen molar-refractivity contribution in [3.63, 3.8) is 0 Å². The van der Waals surface area contributed by atoms with Gasteiger partial charge in [0.15, 0.2) is 0 Å². The summed E-state index contributed by atoms with van der Waals surface area (Å²) in [5.41, 5.74) is 2.01. The smallest absolute Gasteiger partial charge is 0.252 e. The van der Waals surface area contributed by atoms with Gasteiger partial charge in [0.05, 0.1) is 17.8 Å². The van der Waals surface area contributed by atoms with Crippen LogP contribution in [0, 0.1) is 11.8 Å². The van der Waals surface area contributed by atoms with E-state index in [4.69, 9.17) is 5.11 Å². The lowest BCUT2D eigenvalue weighted by Gasteiger charge is -2.07. The van der Waals surface area contributed by atoms with Crippen molar-refractivity contribution in [2.75, 3.05) is 6.61 Å². The topological polar surface area (TPSA) is 67.2 Å². The summed E-state index contributed by atoms with van der Waals surface area (Å²) in [4.78, 5) is 12.2. The lowest BCUT2D eigenvalue weighted by atomic mass is 10.1. The number of carbonyl (C=O) groups is 1. The van der Waals surface area contributed by atoms with Crippen LogP contribution in [0.5, 0.6) is 0 Å². The zero-order chi connectivity index (χ0) is 14.4. The number of aliphatic hydroxyl groups excluding tert-OH is 1. The van der Waals surface area contributed by atoms with Gasteiger partial charge in [0.25, 0.3) is 5.91 Å². The number of nitrogens with one attached hydrogen (secondary N) is 1. The summed E-state index contributed by atoms with van der Waals surface area (Å²) in [5, 5.41) is 15.6. The molecule has 0 fully saturated rings. The van der Waals surface area contributed by atoms with Crippen LogP contribution < -0.4 is 5.32 Å². The van der Waals surface area contributed by atoms with Crippen molar-refractivity contribution in [2.24, 2.45) is 7.05 Å². The van der Waals surface area contributed by atoms with Crippen LogP contribution in [0.4, 0.5) is 0 Å². The molecule has 0 aliphatic heterocycles. The Balaban J connectivity index is 2.11. The minimum absolute atomic E-state index is 0.200. The Morgan fingerprint density at radius 2 is 2.20 bits per heavy atom. The van der Waals surface area contributed by atoms with E-state index >= 15 is 0 Å².